The topological polar surface area (TPSA) is 64.4 Å². The van der Waals surface area contributed by atoms with Crippen molar-refractivity contribution < 1.29 is 14.3 Å². The van der Waals surface area contributed by atoms with E-state index in [0.29, 0.717) is 25.3 Å². The summed E-state index contributed by atoms with van der Waals surface area (Å²) < 4.78 is 6.84. The van der Waals surface area contributed by atoms with Crippen molar-refractivity contribution in [3.05, 3.63) is 42.1 Å². The molecule has 25 heavy (non-hydrogen) atoms. The number of piperidine rings is 1. The first-order valence-electron chi connectivity index (χ1n) is 8.65. The summed E-state index contributed by atoms with van der Waals surface area (Å²) >= 11 is 0. The first-order valence-corrected chi connectivity index (χ1v) is 8.65. The van der Waals surface area contributed by atoms with E-state index in [4.69, 9.17) is 4.74 Å². The first-order chi connectivity index (χ1) is 12.1. The van der Waals surface area contributed by atoms with Gasteiger partial charge in [0.1, 0.15) is 0 Å². The fourth-order valence-corrected chi connectivity index (χ4v) is 3.32. The molecule has 1 unspecified atom stereocenters. The van der Waals surface area contributed by atoms with Crippen LogP contribution in [0, 0.1) is 5.92 Å². The molecule has 2 heterocycles. The number of rotatable bonds is 4. The lowest BCUT2D eigenvalue weighted by Crippen LogP contribution is -2.42. The molecule has 0 saturated carbocycles. The van der Waals surface area contributed by atoms with Crippen molar-refractivity contribution in [2.75, 3.05) is 19.7 Å². The molecule has 0 spiro atoms. The van der Waals surface area contributed by atoms with E-state index in [1.165, 1.54) is 0 Å². The summed E-state index contributed by atoms with van der Waals surface area (Å²) in [6.45, 7) is 3.22. The second kappa shape index (κ2) is 7.51. The molecule has 3 rings (SSSR count). The molecule has 6 nitrogen and oxygen atoms in total. The van der Waals surface area contributed by atoms with Crippen LogP contribution in [0.5, 0.6) is 0 Å². The van der Waals surface area contributed by atoms with Gasteiger partial charge in [0.25, 0.3) is 5.91 Å². The number of likely N-dealkylation sites (tertiary alicyclic amines) is 1. The van der Waals surface area contributed by atoms with Gasteiger partial charge in [-0.3, -0.25) is 14.3 Å². The number of aryl methyl sites for hydroxylation is 1. The maximum atomic E-state index is 13.1. The van der Waals surface area contributed by atoms with Crippen LogP contribution in [-0.4, -0.2) is 46.3 Å². The summed E-state index contributed by atoms with van der Waals surface area (Å²) in [5.74, 6) is -0.537. The summed E-state index contributed by atoms with van der Waals surface area (Å²) in [6, 6.07) is 9.75. The molecule has 1 fully saturated rings. The Balaban J connectivity index is 1.83. The van der Waals surface area contributed by atoms with Gasteiger partial charge >= 0.3 is 5.97 Å². The lowest BCUT2D eigenvalue weighted by Gasteiger charge is -2.31. The van der Waals surface area contributed by atoms with Crippen molar-refractivity contribution in [1.29, 1.82) is 0 Å². The van der Waals surface area contributed by atoms with Gasteiger partial charge in [0.05, 0.1) is 30.0 Å². The summed E-state index contributed by atoms with van der Waals surface area (Å²) in [6.07, 6.45) is 3.18. The van der Waals surface area contributed by atoms with Gasteiger partial charge in [0.2, 0.25) is 0 Å². The van der Waals surface area contributed by atoms with Gasteiger partial charge in [-0.1, -0.05) is 30.3 Å². The molecule has 2 aromatic rings. The molecule has 0 bridgehead atoms. The molecular weight excluding hydrogens is 318 g/mol. The zero-order valence-corrected chi connectivity index (χ0v) is 14.6. The molecule has 1 aromatic carbocycles. The number of hydrogen-bond donors (Lipinski definition) is 0. The van der Waals surface area contributed by atoms with E-state index in [0.717, 1.165) is 24.1 Å². The smallest absolute Gasteiger partial charge is 0.310 e. The molecule has 6 heteroatoms. The molecule has 1 aliphatic heterocycles. The number of ether oxygens (including phenoxy) is 1. The van der Waals surface area contributed by atoms with Gasteiger partial charge in [-0.25, -0.2) is 0 Å². The van der Waals surface area contributed by atoms with Gasteiger partial charge in [-0.05, 0) is 19.8 Å². The Morgan fingerprint density at radius 3 is 2.76 bits per heavy atom. The minimum Gasteiger partial charge on any atom is -0.466 e. The predicted molar refractivity (Wildman–Crippen MR) is 93.9 cm³/mol. The maximum absolute atomic E-state index is 13.1. The fourth-order valence-electron chi connectivity index (χ4n) is 3.32. The van der Waals surface area contributed by atoms with Crippen molar-refractivity contribution in [3.63, 3.8) is 0 Å². The molecule has 0 N–H and O–H groups in total. The van der Waals surface area contributed by atoms with E-state index < -0.39 is 0 Å². The number of benzene rings is 1. The number of esters is 1. The van der Waals surface area contributed by atoms with Gasteiger partial charge in [-0.15, -0.1) is 0 Å². The van der Waals surface area contributed by atoms with Crippen LogP contribution in [0.15, 0.2) is 36.5 Å². The third kappa shape index (κ3) is 3.57. The van der Waals surface area contributed by atoms with Crippen LogP contribution >= 0.6 is 0 Å². The van der Waals surface area contributed by atoms with Crippen LogP contribution in [-0.2, 0) is 16.6 Å². The largest absolute Gasteiger partial charge is 0.466 e. The van der Waals surface area contributed by atoms with Gasteiger partial charge in [-0.2, -0.15) is 5.10 Å². The van der Waals surface area contributed by atoms with Crippen molar-refractivity contribution >= 4 is 11.9 Å². The zero-order chi connectivity index (χ0) is 17.8. The van der Waals surface area contributed by atoms with Crippen LogP contribution in [0.3, 0.4) is 0 Å². The molecule has 0 radical (unpaired) electrons. The van der Waals surface area contributed by atoms with Crippen LogP contribution in [0.25, 0.3) is 11.3 Å². The Labute approximate surface area is 147 Å². The van der Waals surface area contributed by atoms with E-state index in [9.17, 15) is 9.59 Å². The van der Waals surface area contributed by atoms with Crippen molar-refractivity contribution in [1.82, 2.24) is 14.7 Å². The van der Waals surface area contributed by atoms with Crippen LogP contribution in [0.2, 0.25) is 0 Å². The van der Waals surface area contributed by atoms with Crippen molar-refractivity contribution in [2.45, 2.75) is 19.8 Å². The van der Waals surface area contributed by atoms with Crippen LogP contribution in [0.1, 0.15) is 30.1 Å². The van der Waals surface area contributed by atoms with E-state index in [1.54, 1.807) is 22.7 Å². The molecule has 1 amide bonds. The number of aromatic nitrogens is 2. The predicted octanol–water partition coefficient (Wildman–Crippen LogP) is 2.50. The van der Waals surface area contributed by atoms with Gasteiger partial charge in [0.15, 0.2) is 0 Å². The molecule has 0 aliphatic carbocycles. The lowest BCUT2D eigenvalue weighted by atomic mass is 9.97. The number of carbonyl (C=O) groups is 2. The van der Waals surface area contributed by atoms with E-state index >= 15 is 0 Å². The number of carbonyl (C=O) groups excluding carboxylic acids is 2. The first kappa shape index (κ1) is 17.2. The summed E-state index contributed by atoms with van der Waals surface area (Å²) in [4.78, 5) is 26.8. The highest BCUT2D eigenvalue weighted by atomic mass is 16.5. The quantitative estimate of drug-likeness (QED) is 0.802. The normalized spacial score (nSPS) is 17.4. The highest BCUT2D eigenvalue weighted by molar-refractivity contribution is 6.00. The second-order valence-corrected chi connectivity index (χ2v) is 6.24. The Kier molecular flexibility index (Phi) is 5.16. The zero-order valence-electron chi connectivity index (χ0n) is 14.6. The molecule has 1 atom stereocenters. The number of amides is 1. The lowest BCUT2D eigenvalue weighted by molar-refractivity contribution is -0.149. The molecular formula is C19H23N3O3. The summed E-state index contributed by atoms with van der Waals surface area (Å²) in [5.41, 5.74) is 2.31. The van der Waals surface area contributed by atoms with E-state index in [-0.39, 0.29) is 17.8 Å². The van der Waals surface area contributed by atoms with Crippen LogP contribution < -0.4 is 0 Å². The third-order valence-electron chi connectivity index (χ3n) is 4.54. The highest BCUT2D eigenvalue weighted by Crippen LogP contribution is 2.26. The third-order valence-corrected chi connectivity index (χ3v) is 4.54. The Hall–Kier alpha value is -2.63. The van der Waals surface area contributed by atoms with Gasteiger partial charge < -0.3 is 9.64 Å². The van der Waals surface area contributed by atoms with E-state index in [1.807, 2.05) is 37.4 Å². The SMILES string of the molecule is CCOC(=O)C1CCCN(C(=O)c2cnn(C)c2-c2ccccc2)C1. The Morgan fingerprint density at radius 2 is 2.04 bits per heavy atom. The number of nitrogens with zero attached hydrogens (tertiary/aromatic N) is 3. The van der Waals surface area contributed by atoms with Gasteiger partial charge in [0, 0.05) is 25.7 Å². The van der Waals surface area contributed by atoms with Crippen LogP contribution in [0.4, 0.5) is 0 Å². The Morgan fingerprint density at radius 1 is 1.28 bits per heavy atom. The monoisotopic (exact) mass is 341 g/mol. The number of hydrogen-bond acceptors (Lipinski definition) is 4. The fraction of sp³-hybridized carbons (Fsp3) is 0.421. The molecule has 1 aromatic heterocycles. The van der Waals surface area contributed by atoms with Crippen molar-refractivity contribution in [2.24, 2.45) is 13.0 Å². The average Bonchev–Trinajstić information content (AvgIpc) is 3.03. The highest BCUT2D eigenvalue weighted by Gasteiger charge is 2.31. The average molecular weight is 341 g/mol. The van der Waals surface area contributed by atoms with E-state index in [2.05, 4.69) is 5.10 Å². The Bertz CT molecular complexity index is 755. The standard InChI is InChI=1S/C19H23N3O3/c1-3-25-19(24)15-10-7-11-22(13-15)18(23)16-12-20-21(2)17(16)14-8-5-4-6-9-14/h4-6,8-9,12,15H,3,7,10-11,13H2,1-2H3. The minimum atomic E-state index is -0.241. The maximum Gasteiger partial charge on any atom is 0.310 e. The molecule has 1 saturated heterocycles. The van der Waals surface area contributed by atoms with Crippen molar-refractivity contribution in [3.8, 4) is 11.3 Å². The minimum absolute atomic E-state index is 0.0825. The summed E-state index contributed by atoms with van der Waals surface area (Å²) in [7, 11) is 1.83. The molecule has 1 aliphatic rings. The summed E-state index contributed by atoms with van der Waals surface area (Å²) in [5, 5.41) is 4.27. The second-order valence-electron chi connectivity index (χ2n) is 6.24. The molecule has 132 valence electrons.